The summed E-state index contributed by atoms with van der Waals surface area (Å²) < 4.78 is 0. The van der Waals surface area contributed by atoms with Crippen molar-refractivity contribution < 1.29 is 4.79 Å². The van der Waals surface area contributed by atoms with E-state index in [0.29, 0.717) is 5.56 Å². The van der Waals surface area contributed by atoms with E-state index in [0.717, 1.165) is 11.1 Å². The second kappa shape index (κ2) is 4.54. The van der Waals surface area contributed by atoms with Crippen LogP contribution >= 0.6 is 0 Å². The zero-order chi connectivity index (χ0) is 12.4. The number of carbonyl (C=O) groups is 1. The van der Waals surface area contributed by atoms with Gasteiger partial charge in [0.15, 0.2) is 5.78 Å². The molecule has 1 nitrogen and oxygen atoms in total. The Kier molecular flexibility index (Phi) is 3.10. The monoisotopic (exact) mass is 223 g/mol. The quantitative estimate of drug-likeness (QED) is 0.710. The number of rotatable bonds is 2. The van der Waals surface area contributed by atoms with Gasteiger partial charge in [0, 0.05) is 11.1 Å². The van der Waals surface area contributed by atoms with E-state index in [-0.39, 0.29) is 5.78 Å². The van der Waals surface area contributed by atoms with E-state index in [1.165, 1.54) is 11.1 Å². The molecule has 0 heterocycles. The maximum atomic E-state index is 12.3. The summed E-state index contributed by atoms with van der Waals surface area (Å²) in [5.74, 6) is 0.0474. The molecular weight excluding hydrogens is 208 g/mol. The summed E-state index contributed by atoms with van der Waals surface area (Å²) in [7, 11) is 0. The number of ketones is 1. The van der Waals surface area contributed by atoms with Crippen LogP contribution in [-0.2, 0) is 0 Å². The Labute approximate surface area is 102 Å². The van der Waals surface area contributed by atoms with Crippen molar-refractivity contribution in [1.29, 1.82) is 0 Å². The Balaban J connectivity index is 2.49. The smallest absolute Gasteiger partial charge is 0.193 e. The largest absolute Gasteiger partial charge is 0.289 e. The van der Waals surface area contributed by atoms with Gasteiger partial charge in [0.25, 0.3) is 0 Å². The van der Waals surface area contributed by atoms with Gasteiger partial charge in [0.05, 0.1) is 0 Å². The van der Waals surface area contributed by atoms with Gasteiger partial charge in [-0.3, -0.25) is 4.79 Å². The fraction of sp³-hybridized carbons (Fsp3) is 0.188. The van der Waals surface area contributed by atoms with E-state index < -0.39 is 0 Å². The Hall–Kier alpha value is -1.89. The van der Waals surface area contributed by atoms with E-state index in [9.17, 15) is 4.79 Å². The van der Waals surface area contributed by atoms with Gasteiger partial charge in [0.2, 0.25) is 0 Å². The maximum absolute atomic E-state index is 12.3. The molecule has 0 saturated carbocycles. The molecule has 2 rings (SSSR count). The van der Waals surface area contributed by atoms with Gasteiger partial charge < -0.3 is 0 Å². The van der Waals surface area contributed by atoms with Crippen molar-refractivity contribution in [2.75, 3.05) is 0 Å². The first-order valence-electron chi connectivity index (χ1n) is 5.69. The van der Waals surface area contributed by atoms with Crippen LogP contribution < -0.4 is 0 Å². The Morgan fingerprint density at radius 2 is 1.76 bits per heavy atom. The van der Waals surface area contributed by atoms with Crippen molar-refractivity contribution in [3.63, 3.8) is 0 Å². The predicted octanol–water partition coefficient (Wildman–Crippen LogP) is 3.64. The first-order valence-corrected chi connectivity index (χ1v) is 5.69. The summed E-state index contributed by atoms with van der Waals surface area (Å²) in [6, 6.07) is 14.2. The van der Waals surface area contributed by atoms with Gasteiger partial charge in [-0.05, 0) is 43.5 Å². The molecule has 0 amide bonds. The Bertz CT molecular complexity index is 553. The van der Waals surface area contributed by atoms with Gasteiger partial charge in [-0.25, -0.2) is 0 Å². The molecule has 1 radical (unpaired) electrons. The molecule has 0 aliphatic carbocycles. The third kappa shape index (κ3) is 2.14. The van der Waals surface area contributed by atoms with Gasteiger partial charge in [-0.2, -0.15) is 0 Å². The minimum atomic E-state index is 0.0474. The van der Waals surface area contributed by atoms with Crippen LogP contribution in [0.5, 0.6) is 0 Å². The van der Waals surface area contributed by atoms with Crippen molar-refractivity contribution in [3.8, 4) is 0 Å². The van der Waals surface area contributed by atoms with Crippen LogP contribution in [0.1, 0.15) is 32.6 Å². The highest BCUT2D eigenvalue weighted by atomic mass is 16.1. The maximum Gasteiger partial charge on any atom is 0.193 e. The van der Waals surface area contributed by atoms with Crippen LogP contribution in [-0.4, -0.2) is 5.78 Å². The molecule has 0 atom stereocenters. The third-order valence-electron chi connectivity index (χ3n) is 3.26. The normalized spacial score (nSPS) is 10.3. The van der Waals surface area contributed by atoms with E-state index in [4.69, 9.17) is 0 Å². The molecule has 1 heteroatoms. The number of hydrogen-bond donors (Lipinski definition) is 0. The summed E-state index contributed by atoms with van der Waals surface area (Å²) in [5, 5.41) is 0. The van der Waals surface area contributed by atoms with Crippen molar-refractivity contribution in [2.24, 2.45) is 0 Å². The molecule has 0 aromatic heterocycles. The molecule has 85 valence electrons. The predicted molar refractivity (Wildman–Crippen MR) is 69.4 cm³/mol. The minimum absolute atomic E-state index is 0.0474. The van der Waals surface area contributed by atoms with Crippen molar-refractivity contribution >= 4 is 5.78 Å². The van der Waals surface area contributed by atoms with Gasteiger partial charge >= 0.3 is 0 Å². The first kappa shape index (κ1) is 11.6. The molecule has 2 aromatic carbocycles. The lowest BCUT2D eigenvalue weighted by molar-refractivity contribution is 0.103. The van der Waals surface area contributed by atoms with Crippen LogP contribution in [0.15, 0.2) is 36.4 Å². The zero-order valence-electron chi connectivity index (χ0n) is 10.4. The number of carbonyl (C=O) groups excluding carboxylic acids is 1. The van der Waals surface area contributed by atoms with Gasteiger partial charge in [-0.15, -0.1) is 0 Å². The molecule has 17 heavy (non-hydrogen) atoms. The van der Waals surface area contributed by atoms with Crippen molar-refractivity contribution in [2.45, 2.75) is 20.8 Å². The second-order valence-electron chi connectivity index (χ2n) is 4.29. The average Bonchev–Trinajstić information content (AvgIpc) is 2.36. The molecule has 0 fully saturated rings. The summed E-state index contributed by atoms with van der Waals surface area (Å²) in [4.78, 5) is 12.3. The molecule has 0 saturated heterocycles. The molecule has 0 bridgehead atoms. The molecule has 0 unspecified atom stereocenters. The summed E-state index contributed by atoms with van der Waals surface area (Å²) in [6.45, 7) is 6.11. The highest BCUT2D eigenvalue weighted by Crippen LogP contribution is 2.19. The van der Waals surface area contributed by atoms with Crippen LogP contribution in [0, 0.1) is 26.8 Å². The lowest BCUT2D eigenvalue weighted by Crippen LogP contribution is -2.05. The van der Waals surface area contributed by atoms with Gasteiger partial charge in [0.1, 0.15) is 0 Å². The van der Waals surface area contributed by atoms with E-state index in [1.807, 2.05) is 31.2 Å². The molecule has 0 spiro atoms. The summed E-state index contributed by atoms with van der Waals surface area (Å²) >= 11 is 0. The molecule has 0 N–H and O–H groups in total. The molecular formula is C16H15O. The minimum Gasteiger partial charge on any atom is -0.289 e. The van der Waals surface area contributed by atoms with Crippen molar-refractivity contribution in [1.82, 2.24) is 0 Å². The highest BCUT2D eigenvalue weighted by Gasteiger charge is 2.13. The number of benzene rings is 2. The summed E-state index contributed by atoms with van der Waals surface area (Å²) in [5.41, 5.74) is 4.87. The van der Waals surface area contributed by atoms with Crippen LogP contribution in [0.2, 0.25) is 0 Å². The highest BCUT2D eigenvalue weighted by molar-refractivity contribution is 6.09. The van der Waals surface area contributed by atoms with E-state index >= 15 is 0 Å². The number of aryl methyl sites for hydroxylation is 1. The average molecular weight is 223 g/mol. The summed E-state index contributed by atoms with van der Waals surface area (Å²) in [6.07, 6.45) is 0. The Morgan fingerprint density at radius 3 is 2.41 bits per heavy atom. The Morgan fingerprint density at radius 1 is 1.00 bits per heavy atom. The second-order valence-corrected chi connectivity index (χ2v) is 4.29. The lowest BCUT2D eigenvalue weighted by Gasteiger charge is -2.10. The van der Waals surface area contributed by atoms with Crippen LogP contribution in [0.4, 0.5) is 0 Å². The third-order valence-corrected chi connectivity index (χ3v) is 3.26. The standard InChI is InChI=1S/C16H15O/c1-11-9-10-15(13(3)12(11)2)16(17)14-7-5-4-6-8-14/h4-7,9-10H,1-3H3. The lowest BCUT2D eigenvalue weighted by atomic mass is 9.93. The molecule has 0 aliphatic rings. The van der Waals surface area contributed by atoms with E-state index in [2.05, 4.69) is 19.9 Å². The first-order chi connectivity index (χ1) is 8.11. The van der Waals surface area contributed by atoms with Crippen LogP contribution in [0.25, 0.3) is 0 Å². The fourth-order valence-corrected chi connectivity index (χ4v) is 1.88. The SMILES string of the molecule is Cc1ccc(C(=O)c2[c]cccc2)c(C)c1C. The zero-order valence-corrected chi connectivity index (χ0v) is 10.4. The van der Waals surface area contributed by atoms with Crippen molar-refractivity contribution in [3.05, 3.63) is 70.3 Å². The number of hydrogen-bond acceptors (Lipinski definition) is 1. The van der Waals surface area contributed by atoms with Crippen LogP contribution in [0.3, 0.4) is 0 Å². The molecule has 0 aliphatic heterocycles. The van der Waals surface area contributed by atoms with Gasteiger partial charge in [-0.1, -0.05) is 36.4 Å². The fourth-order valence-electron chi connectivity index (χ4n) is 1.88. The van der Waals surface area contributed by atoms with E-state index in [1.54, 1.807) is 12.1 Å². The topological polar surface area (TPSA) is 17.1 Å². The molecule has 2 aromatic rings.